The number of rotatable bonds is 5. The smallest absolute Gasteiger partial charge is 0.296 e. The van der Waals surface area contributed by atoms with Gasteiger partial charge in [-0.25, -0.2) is 13.4 Å². The highest BCUT2D eigenvalue weighted by Gasteiger charge is 2.42. The molecule has 3 N–H and O–H groups in total. The van der Waals surface area contributed by atoms with E-state index in [0.29, 0.717) is 0 Å². The number of nitrogens with two attached hydrogens (primary N) is 1. The summed E-state index contributed by atoms with van der Waals surface area (Å²) in [6.07, 6.45) is 8.62. The van der Waals surface area contributed by atoms with Crippen LogP contribution >= 0.6 is 0 Å². The Balaban J connectivity index is 1.79. The van der Waals surface area contributed by atoms with Crippen molar-refractivity contribution in [1.82, 2.24) is 9.29 Å². The van der Waals surface area contributed by atoms with Crippen LogP contribution in [0.5, 0.6) is 0 Å². The van der Waals surface area contributed by atoms with E-state index in [4.69, 9.17) is 10.2 Å². The molecule has 3 aliphatic carbocycles. The first-order valence-corrected chi connectivity index (χ1v) is 15.1. The van der Waals surface area contributed by atoms with Gasteiger partial charge in [-0.15, -0.1) is 0 Å². The Morgan fingerprint density at radius 3 is 2.08 bits per heavy atom. The fourth-order valence-corrected chi connectivity index (χ4v) is 8.49. The number of benzene rings is 2. The van der Waals surface area contributed by atoms with E-state index in [1.165, 1.54) is 12.1 Å². The molecule has 36 heavy (non-hydrogen) atoms. The van der Waals surface area contributed by atoms with Crippen molar-refractivity contribution < 1.29 is 25.8 Å². The number of aromatic nitrogens is 1. The number of nitrogen functional groups attached to an aromatic ring is 1. The predicted molar refractivity (Wildman–Crippen MR) is 134 cm³/mol. The van der Waals surface area contributed by atoms with Gasteiger partial charge in [-0.3, -0.25) is 9.35 Å². The Kier molecular flexibility index (Phi) is 6.56. The van der Waals surface area contributed by atoms with Gasteiger partial charge in [-0.2, -0.15) is 12.7 Å². The summed E-state index contributed by atoms with van der Waals surface area (Å²) >= 11 is 0. The Morgan fingerprint density at radius 2 is 1.53 bits per heavy atom. The van der Waals surface area contributed by atoms with E-state index in [1.807, 2.05) is 0 Å². The quantitative estimate of drug-likeness (QED) is 0.281. The number of hydrogen-bond donors (Lipinski definition) is 2. The molecule has 4 aliphatic rings. The lowest BCUT2D eigenvalue weighted by Crippen LogP contribution is -2.49. The van der Waals surface area contributed by atoms with Crippen LogP contribution in [0, 0.1) is 0 Å². The third kappa shape index (κ3) is 4.40. The highest BCUT2D eigenvalue weighted by Crippen LogP contribution is 2.40. The molecule has 0 spiro atoms. The van der Waals surface area contributed by atoms with E-state index in [1.54, 1.807) is 4.31 Å². The van der Waals surface area contributed by atoms with Gasteiger partial charge in [0, 0.05) is 18.2 Å². The second-order valence-corrected chi connectivity index (χ2v) is 12.8. The van der Waals surface area contributed by atoms with Crippen molar-refractivity contribution in [2.24, 2.45) is 0 Å². The molecule has 1 aliphatic heterocycles. The zero-order valence-corrected chi connectivity index (χ0v) is 21.4. The van der Waals surface area contributed by atoms with Crippen LogP contribution in [-0.2, 0) is 20.1 Å². The van der Waals surface area contributed by atoms with Gasteiger partial charge >= 0.3 is 0 Å². The van der Waals surface area contributed by atoms with Gasteiger partial charge in [0.25, 0.3) is 10.1 Å². The van der Waals surface area contributed by atoms with Gasteiger partial charge < -0.3 is 10.2 Å². The van der Waals surface area contributed by atoms with Crippen molar-refractivity contribution in [2.45, 2.75) is 86.1 Å². The molecule has 1 heterocycles. The topological polar surface area (TPSA) is 161 Å². The molecule has 0 amide bonds. The minimum Gasteiger partial charge on any atom is -0.453 e. The molecule has 0 radical (unpaired) electrons. The van der Waals surface area contributed by atoms with Crippen molar-refractivity contribution in [2.75, 3.05) is 5.73 Å². The molecule has 2 fully saturated rings. The maximum absolute atomic E-state index is 14.4. The van der Waals surface area contributed by atoms with E-state index in [-0.39, 0.29) is 34.6 Å². The van der Waals surface area contributed by atoms with Gasteiger partial charge in [0.05, 0.1) is 0 Å². The van der Waals surface area contributed by atoms with Crippen LogP contribution < -0.4 is 11.2 Å². The second-order valence-electron chi connectivity index (χ2n) is 9.67. The Hall–Kier alpha value is -2.54. The summed E-state index contributed by atoms with van der Waals surface area (Å²) in [6, 6.07) is 4.53. The number of para-hydroxylation sites is 1. The lowest BCUT2D eigenvalue weighted by Gasteiger charge is -2.40. The molecule has 12 heteroatoms. The highest BCUT2D eigenvalue weighted by atomic mass is 32.2. The minimum atomic E-state index is -4.69. The standard InChI is InChI=1S/C24H29N3O7S2/c25-21-17(28)14-19-23(26-22-18(34-19)12-7-13-20(22)36(31,32)33)24(21)35(29,30)27(15-8-3-1-4-9-15)16-10-5-2-6-11-16/h7,12-16H,1-6,8-11,25H2,(H,31,32,33). The average Bonchev–Trinajstić information content (AvgIpc) is 2.84. The molecule has 0 unspecified atom stereocenters. The maximum Gasteiger partial charge on any atom is 0.296 e. The molecule has 2 saturated carbocycles. The van der Waals surface area contributed by atoms with E-state index >= 15 is 0 Å². The monoisotopic (exact) mass is 535 g/mol. The molecule has 0 bridgehead atoms. The van der Waals surface area contributed by atoms with E-state index in [0.717, 1.165) is 76.3 Å². The van der Waals surface area contributed by atoms with Crippen molar-refractivity contribution in [3.05, 3.63) is 34.5 Å². The first kappa shape index (κ1) is 25.1. The van der Waals surface area contributed by atoms with Crippen molar-refractivity contribution in [3.8, 4) is 11.5 Å². The highest BCUT2D eigenvalue weighted by molar-refractivity contribution is 7.89. The summed E-state index contributed by atoms with van der Waals surface area (Å²) in [5, 5.41) is 0. The summed E-state index contributed by atoms with van der Waals surface area (Å²) in [6.45, 7) is 0. The Bertz CT molecular complexity index is 1520. The summed E-state index contributed by atoms with van der Waals surface area (Å²) in [4.78, 5) is 16.1. The van der Waals surface area contributed by atoms with Crippen molar-refractivity contribution in [1.29, 1.82) is 0 Å². The van der Waals surface area contributed by atoms with Gasteiger partial charge in [0.2, 0.25) is 15.5 Å². The molecule has 0 aromatic heterocycles. The zero-order valence-electron chi connectivity index (χ0n) is 19.7. The van der Waals surface area contributed by atoms with Crippen molar-refractivity contribution >= 4 is 36.9 Å². The number of hydrogen-bond acceptors (Lipinski definition) is 8. The summed E-state index contributed by atoms with van der Waals surface area (Å²) in [5.41, 5.74) is 4.43. The number of anilines is 1. The molecule has 0 atom stereocenters. The normalized spacial score (nSPS) is 18.8. The maximum atomic E-state index is 14.4. The van der Waals surface area contributed by atoms with E-state index in [9.17, 15) is 26.2 Å². The Morgan fingerprint density at radius 1 is 0.944 bits per heavy atom. The summed E-state index contributed by atoms with van der Waals surface area (Å²) in [7, 11) is -9.01. The van der Waals surface area contributed by atoms with E-state index < -0.39 is 41.0 Å². The van der Waals surface area contributed by atoms with Crippen molar-refractivity contribution in [3.63, 3.8) is 0 Å². The van der Waals surface area contributed by atoms with Crippen LogP contribution in [0.1, 0.15) is 64.2 Å². The van der Waals surface area contributed by atoms with Crippen LogP contribution in [0.3, 0.4) is 0 Å². The fraction of sp³-hybridized carbons (Fsp3) is 0.500. The molecule has 0 saturated heterocycles. The largest absolute Gasteiger partial charge is 0.453 e. The van der Waals surface area contributed by atoms with Crippen LogP contribution in [0.25, 0.3) is 22.6 Å². The SMILES string of the molecule is Nc1c(S(=O)(=O)N(C2CCCCC2)C2CCCCC2)c2nc3c(S(=O)(=O)O)cccc3oc-2cc1=O. The molecular weight excluding hydrogens is 506 g/mol. The van der Waals surface area contributed by atoms with Gasteiger partial charge in [-0.1, -0.05) is 44.6 Å². The lowest BCUT2D eigenvalue weighted by atomic mass is 9.91. The molecule has 10 nitrogen and oxygen atoms in total. The number of fused-ring (bicyclic) bond motifs is 2. The van der Waals surface area contributed by atoms with Gasteiger partial charge in [0.15, 0.2) is 11.3 Å². The van der Waals surface area contributed by atoms with Gasteiger partial charge in [-0.05, 0) is 37.8 Å². The van der Waals surface area contributed by atoms with Crippen LogP contribution in [0.15, 0.2) is 43.3 Å². The molecule has 1 aromatic rings. The van der Waals surface area contributed by atoms with Gasteiger partial charge in [0.1, 0.15) is 26.7 Å². The van der Waals surface area contributed by atoms with Crippen LogP contribution in [-0.4, -0.2) is 42.8 Å². The summed E-state index contributed by atoms with van der Waals surface area (Å²) in [5.74, 6) is -0.125. The van der Waals surface area contributed by atoms with Crippen LogP contribution in [0.2, 0.25) is 0 Å². The lowest BCUT2D eigenvalue weighted by molar-refractivity contribution is 0.170. The third-order valence-corrected chi connectivity index (χ3v) is 10.3. The van der Waals surface area contributed by atoms with E-state index in [2.05, 4.69) is 4.98 Å². The fourth-order valence-electron chi connectivity index (χ4n) is 5.66. The zero-order chi connectivity index (χ0) is 25.7. The third-order valence-electron chi connectivity index (χ3n) is 7.31. The predicted octanol–water partition coefficient (Wildman–Crippen LogP) is 3.78. The number of sulfonamides is 1. The Labute approximate surface area is 209 Å². The van der Waals surface area contributed by atoms with Crippen LogP contribution in [0.4, 0.5) is 5.69 Å². The molecule has 194 valence electrons. The minimum absolute atomic E-state index is 0.0263. The molecule has 1 aromatic carbocycles. The number of nitrogens with zero attached hydrogens (tertiary/aromatic N) is 2. The second kappa shape index (κ2) is 9.40. The molecule has 5 rings (SSSR count). The first-order valence-electron chi connectivity index (χ1n) is 12.3. The molecular formula is C24H29N3O7S2. The average molecular weight is 536 g/mol. The summed E-state index contributed by atoms with van der Waals surface area (Å²) < 4.78 is 69.8. The first-order chi connectivity index (χ1) is 17.1.